The van der Waals surface area contributed by atoms with Crippen molar-refractivity contribution < 1.29 is 4.79 Å². The first-order chi connectivity index (χ1) is 9.16. The zero-order valence-electron chi connectivity index (χ0n) is 10.8. The van der Waals surface area contributed by atoms with Gasteiger partial charge in [0.05, 0.1) is 5.25 Å². The number of benzene rings is 1. The Morgan fingerprint density at radius 2 is 2.00 bits per heavy atom. The molecule has 1 unspecified atom stereocenters. The lowest BCUT2D eigenvalue weighted by atomic mass is 10.1. The van der Waals surface area contributed by atoms with Gasteiger partial charge in [-0.1, -0.05) is 30.3 Å². The molecule has 19 heavy (non-hydrogen) atoms. The van der Waals surface area contributed by atoms with Crippen molar-refractivity contribution in [2.45, 2.75) is 18.2 Å². The SMILES string of the molecule is CN(Cc1ccsc1)C(=O)C(S)Cc1ccccc1. The van der Waals surface area contributed by atoms with E-state index in [4.69, 9.17) is 0 Å². The van der Waals surface area contributed by atoms with E-state index in [-0.39, 0.29) is 11.2 Å². The molecule has 2 nitrogen and oxygen atoms in total. The molecule has 100 valence electrons. The number of carbonyl (C=O) groups excluding carboxylic acids is 1. The van der Waals surface area contributed by atoms with Crippen LogP contribution in [-0.2, 0) is 17.8 Å². The van der Waals surface area contributed by atoms with Gasteiger partial charge < -0.3 is 4.90 Å². The molecule has 4 heteroatoms. The number of nitrogens with zero attached hydrogens (tertiary/aromatic N) is 1. The highest BCUT2D eigenvalue weighted by Crippen LogP contribution is 2.13. The molecular weight excluding hydrogens is 274 g/mol. The molecule has 1 aromatic heterocycles. The Hall–Kier alpha value is -1.26. The number of hydrogen-bond acceptors (Lipinski definition) is 3. The molecular formula is C15H17NOS2. The third-order valence-electron chi connectivity index (χ3n) is 2.93. The number of thiol groups is 1. The molecule has 0 bridgehead atoms. The maximum atomic E-state index is 12.2. The van der Waals surface area contributed by atoms with E-state index >= 15 is 0 Å². The first-order valence-electron chi connectivity index (χ1n) is 6.15. The first-order valence-corrected chi connectivity index (χ1v) is 7.61. The Bertz CT molecular complexity index is 510. The fourth-order valence-electron chi connectivity index (χ4n) is 1.91. The molecule has 1 heterocycles. The van der Waals surface area contributed by atoms with Crippen molar-refractivity contribution in [1.82, 2.24) is 4.90 Å². The highest BCUT2D eigenvalue weighted by atomic mass is 32.1. The molecule has 0 saturated heterocycles. The molecule has 0 fully saturated rings. The monoisotopic (exact) mass is 291 g/mol. The molecule has 0 saturated carbocycles. The summed E-state index contributed by atoms with van der Waals surface area (Å²) in [7, 11) is 1.83. The lowest BCUT2D eigenvalue weighted by Crippen LogP contribution is -2.34. The summed E-state index contributed by atoms with van der Waals surface area (Å²) in [6.07, 6.45) is 0.663. The van der Waals surface area contributed by atoms with Crippen LogP contribution in [0.15, 0.2) is 47.2 Å². The van der Waals surface area contributed by atoms with E-state index in [1.165, 1.54) is 5.56 Å². The fourth-order valence-corrected chi connectivity index (χ4v) is 2.98. The largest absolute Gasteiger partial charge is 0.340 e. The molecule has 1 aromatic carbocycles. The van der Waals surface area contributed by atoms with E-state index in [0.717, 1.165) is 5.56 Å². The Morgan fingerprint density at radius 3 is 2.63 bits per heavy atom. The van der Waals surface area contributed by atoms with Gasteiger partial charge in [-0.05, 0) is 34.4 Å². The van der Waals surface area contributed by atoms with Gasteiger partial charge in [0.25, 0.3) is 0 Å². The summed E-state index contributed by atoms with van der Waals surface area (Å²) in [6.45, 7) is 0.647. The van der Waals surface area contributed by atoms with Crippen molar-refractivity contribution in [2.75, 3.05) is 7.05 Å². The number of rotatable bonds is 5. The maximum absolute atomic E-state index is 12.2. The third kappa shape index (κ3) is 4.11. The van der Waals surface area contributed by atoms with Gasteiger partial charge >= 0.3 is 0 Å². The predicted octanol–water partition coefficient (Wildman–Crippen LogP) is 3.25. The molecule has 1 amide bonds. The topological polar surface area (TPSA) is 20.3 Å². The van der Waals surface area contributed by atoms with E-state index in [0.29, 0.717) is 13.0 Å². The molecule has 0 aliphatic heterocycles. The minimum absolute atomic E-state index is 0.0680. The molecule has 0 radical (unpaired) electrons. The molecule has 0 aliphatic rings. The van der Waals surface area contributed by atoms with Gasteiger partial charge in [-0.15, -0.1) is 0 Å². The van der Waals surface area contributed by atoms with E-state index in [2.05, 4.69) is 18.0 Å². The number of thiophene rings is 1. The van der Waals surface area contributed by atoms with Gasteiger partial charge in [0, 0.05) is 13.6 Å². The maximum Gasteiger partial charge on any atom is 0.235 e. The lowest BCUT2D eigenvalue weighted by molar-refractivity contribution is -0.129. The van der Waals surface area contributed by atoms with Crippen molar-refractivity contribution in [3.8, 4) is 0 Å². The Morgan fingerprint density at radius 1 is 1.26 bits per heavy atom. The highest BCUT2D eigenvalue weighted by Gasteiger charge is 2.18. The zero-order chi connectivity index (χ0) is 13.7. The van der Waals surface area contributed by atoms with Gasteiger partial charge in [0.2, 0.25) is 5.91 Å². The summed E-state index contributed by atoms with van der Waals surface area (Å²) < 4.78 is 0. The highest BCUT2D eigenvalue weighted by molar-refractivity contribution is 7.81. The van der Waals surface area contributed by atoms with E-state index in [9.17, 15) is 4.79 Å². The summed E-state index contributed by atoms with van der Waals surface area (Å²) in [5, 5.41) is 3.80. The normalized spacial score (nSPS) is 12.1. The number of hydrogen-bond donors (Lipinski definition) is 1. The van der Waals surface area contributed by atoms with Crippen molar-refractivity contribution in [3.05, 3.63) is 58.3 Å². The van der Waals surface area contributed by atoms with Gasteiger partial charge in [-0.3, -0.25) is 4.79 Å². The van der Waals surface area contributed by atoms with Crippen molar-refractivity contribution in [3.63, 3.8) is 0 Å². The lowest BCUT2D eigenvalue weighted by Gasteiger charge is -2.20. The second kappa shape index (κ2) is 6.78. The van der Waals surface area contributed by atoms with E-state index < -0.39 is 0 Å². The Labute approximate surface area is 123 Å². The second-order valence-electron chi connectivity index (χ2n) is 4.53. The summed E-state index contributed by atoms with van der Waals surface area (Å²) in [5.41, 5.74) is 2.31. The summed E-state index contributed by atoms with van der Waals surface area (Å²) in [6, 6.07) is 12.0. The van der Waals surface area contributed by atoms with Crippen LogP contribution in [-0.4, -0.2) is 23.1 Å². The van der Waals surface area contributed by atoms with E-state index in [1.54, 1.807) is 16.2 Å². The van der Waals surface area contributed by atoms with Crippen LogP contribution in [0, 0.1) is 0 Å². The first kappa shape index (κ1) is 14.2. The summed E-state index contributed by atoms with van der Waals surface area (Å²) >= 11 is 6.09. The standard InChI is InChI=1S/C15H17NOS2/c1-16(10-13-7-8-19-11-13)15(17)14(18)9-12-5-3-2-4-6-12/h2-8,11,14,18H,9-10H2,1H3. The second-order valence-corrected chi connectivity index (χ2v) is 5.93. The molecule has 0 spiro atoms. The third-order valence-corrected chi connectivity index (χ3v) is 4.07. The van der Waals surface area contributed by atoms with Crippen molar-refractivity contribution in [2.24, 2.45) is 0 Å². The van der Waals surface area contributed by atoms with Crippen LogP contribution in [0.1, 0.15) is 11.1 Å². The van der Waals surface area contributed by atoms with Crippen LogP contribution < -0.4 is 0 Å². The van der Waals surface area contributed by atoms with Crippen molar-refractivity contribution >= 4 is 29.9 Å². The zero-order valence-corrected chi connectivity index (χ0v) is 12.5. The van der Waals surface area contributed by atoms with Crippen LogP contribution in [0.4, 0.5) is 0 Å². The molecule has 0 N–H and O–H groups in total. The Kier molecular flexibility index (Phi) is 5.05. The minimum Gasteiger partial charge on any atom is -0.340 e. The molecule has 1 atom stereocenters. The molecule has 2 aromatic rings. The molecule has 2 rings (SSSR count). The average molecular weight is 291 g/mol. The van der Waals surface area contributed by atoms with Crippen LogP contribution in [0.2, 0.25) is 0 Å². The fraction of sp³-hybridized carbons (Fsp3) is 0.267. The Balaban J connectivity index is 1.91. The smallest absolute Gasteiger partial charge is 0.235 e. The van der Waals surface area contributed by atoms with E-state index in [1.807, 2.05) is 48.8 Å². The van der Waals surface area contributed by atoms with Crippen LogP contribution in [0.3, 0.4) is 0 Å². The van der Waals surface area contributed by atoms with Crippen molar-refractivity contribution in [1.29, 1.82) is 0 Å². The predicted molar refractivity (Wildman–Crippen MR) is 83.7 cm³/mol. The quantitative estimate of drug-likeness (QED) is 0.839. The van der Waals surface area contributed by atoms with Gasteiger partial charge in [0.15, 0.2) is 0 Å². The van der Waals surface area contributed by atoms with Crippen LogP contribution >= 0.6 is 24.0 Å². The summed E-state index contributed by atoms with van der Waals surface area (Å²) in [5.74, 6) is 0.0680. The van der Waals surface area contributed by atoms with Crippen LogP contribution in [0.25, 0.3) is 0 Å². The number of amides is 1. The molecule has 0 aliphatic carbocycles. The van der Waals surface area contributed by atoms with Crippen LogP contribution in [0.5, 0.6) is 0 Å². The number of carbonyl (C=O) groups is 1. The van der Waals surface area contributed by atoms with Gasteiger partial charge in [-0.25, -0.2) is 0 Å². The summed E-state index contributed by atoms with van der Waals surface area (Å²) in [4.78, 5) is 14.0. The van der Waals surface area contributed by atoms with Gasteiger partial charge in [-0.2, -0.15) is 24.0 Å². The average Bonchev–Trinajstić information content (AvgIpc) is 2.91. The van der Waals surface area contributed by atoms with Gasteiger partial charge in [0.1, 0.15) is 0 Å². The minimum atomic E-state index is -0.286.